The molecule has 0 fully saturated rings. The fraction of sp³-hybridized carbons (Fsp3) is 0.385. The number of carbonyl (C=O) groups excluding carboxylic acids is 1. The molecule has 1 amide bonds. The number of aliphatic carboxylic acids is 1. The molecule has 5 heteroatoms. The molecule has 0 heterocycles. The first-order valence-corrected chi connectivity index (χ1v) is 5.86. The topological polar surface area (TPSA) is 92.4 Å². The van der Waals surface area contributed by atoms with Gasteiger partial charge >= 0.3 is 5.97 Å². The largest absolute Gasteiger partial charge is 0.481 e. The number of carboxylic acids is 1. The Morgan fingerprint density at radius 1 is 1.33 bits per heavy atom. The van der Waals surface area contributed by atoms with Gasteiger partial charge in [0.25, 0.3) is 0 Å². The number of nitrogens with two attached hydrogens (primary N) is 1. The third kappa shape index (κ3) is 4.86. The van der Waals surface area contributed by atoms with E-state index in [-0.39, 0.29) is 24.8 Å². The highest BCUT2D eigenvalue weighted by Gasteiger charge is 2.14. The van der Waals surface area contributed by atoms with Gasteiger partial charge in [0.1, 0.15) is 0 Å². The van der Waals surface area contributed by atoms with Gasteiger partial charge in [0.05, 0.1) is 12.8 Å². The van der Waals surface area contributed by atoms with E-state index in [1.807, 2.05) is 6.92 Å². The van der Waals surface area contributed by atoms with Crippen LogP contribution in [0.2, 0.25) is 0 Å². The van der Waals surface area contributed by atoms with Crippen LogP contribution in [0.1, 0.15) is 25.3 Å². The van der Waals surface area contributed by atoms with E-state index in [2.05, 4.69) is 5.32 Å². The van der Waals surface area contributed by atoms with Crippen LogP contribution in [0.15, 0.2) is 24.3 Å². The Balaban J connectivity index is 2.49. The SMILES string of the molecule is CCC(CC(=O)O)NC(=O)Cc1ccc(N)cc1. The summed E-state index contributed by atoms with van der Waals surface area (Å²) in [6.45, 7) is 1.84. The summed E-state index contributed by atoms with van der Waals surface area (Å²) in [6.07, 6.45) is 0.778. The molecular weight excluding hydrogens is 232 g/mol. The molecule has 1 rings (SSSR count). The smallest absolute Gasteiger partial charge is 0.305 e. The minimum Gasteiger partial charge on any atom is -0.481 e. The molecule has 0 aliphatic heterocycles. The normalized spacial score (nSPS) is 11.8. The van der Waals surface area contributed by atoms with Gasteiger partial charge in [-0.1, -0.05) is 19.1 Å². The summed E-state index contributed by atoms with van der Waals surface area (Å²) in [4.78, 5) is 22.3. The van der Waals surface area contributed by atoms with E-state index in [0.717, 1.165) is 5.56 Å². The molecule has 0 radical (unpaired) electrons. The lowest BCUT2D eigenvalue weighted by atomic mass is 10.1. The van der Waals surface area contributed by atoms with Crippen molar-refractivity contribution in [2.24, 2.45) is 0 Å². The molecule has 0 aliphatic rings. The van der Waals surface area contributed by atoms with Crippen molar-refractivity contribution in [2.75, 3.05) is 5.73 Å². The van der Waals surface area contributed by atoms with Crippen molar-refractivity contribution in [1.82, 2.24) is 5.32 Å². The van der Waals surface area contributed by atoms with Crippen molar-refractivity contribution in [3.05, 3.63) is 29.8 Å². The highest BCUT2D eigenvalue weighted by molar-refractivity contribution is 5.79. The lowest BCUT2D eigenvalue weighted by Crippen LogP contribution is -2.36. The molecule has 0 saturated carbocycles. The van der Waals surface area contributed by atoms with Crippen LogP contribution in [0.3, 0.4) is 0 Å². The van der Waals surface area contributed by atoms with E-state index < -0.39 is 5.97 Å². The average molecular weight is 250 g/mol. The maximum atomic E-state index is 11.7. The Labute approximate surface area is 106 Å². The number of carbonyl (C=O) groups is 2. The van der Waals surface area contributed by atoms with Crippen LogP contribution in [0.4, 0.5) is 5.69 Å². The van der Waals surface area contributed by atoms with Crippen LogP contribution in [-0.2, 0) is 16.0 Å². The molecule has 1 aromatic carbocycles. The second-order valence-corrected chi connectivity index (χ2v) is 4.19. The van der Waals surface area contributed by atoms with Gasteiger partial charge in [-0.15, -0.1) is 0 Å². The Morgan fingerprint density at radius 3 is 2.44 bits per heavy atom. The van der Waals surface area contributed by atoms with E-state index in [9.17, 15) is 9.59 Å². The molecule has 0 bridgehead atoms. The predicted octanol–water partition coefficient (Wildman–Crippen LogP) is 1.18. The zero-order chi connectivity index (χ0) is 13.5. The standard InChI is InChI=1S/C13H18N2O3/c1-2-11(8-13(17)18)15-12(16)7-9-3-5-10(14)6-4-9/h3-6,11H,2,7-8,14H2,1H3,(H,15,16)(H,17,18). The number of amides is 1. The number of hydrogen-bond acceptors (Lipinski definition) is 3. The molecule has 0 saturated heterocycles. The number of anilines is 1. The van der Waals surface area contributed by atoms with Crippen LogP contribution in [0.25, 0.3) is 0 Å². The molecule has 1 aromatic rings. The highest BCUT2D eigenvalue weighted by Crippen LogP contribution is 2.06. The summed E-state index contributed by atoms with van der Waals surface area (Å²) >= 11 is 0. The first-order valence-electron chi connectivity index (χ1n) is 5.86. The van der Waals surface area contributed by atoms with Crippen molar-refractivity contribution in [2.45, 2.75) is 32.2 Å². The zero-order valence-corrected chi connectivity index (χ0v) is 10.3. The molecule has 0 aromatic heterocycles. The molecule has 0 spiro atoms. The van der Waals surface area contributed by atoms with E-state index in [1.165, 1.54) is 0 Å². The van der Waals surface area contributed by atoms with E-state index >= 15 is 0 Å². The number of rotatable bonds is 6. The molecule has 18 heavy (non-hydrogen) atoms. The Morgan fingerprint density at radius 2 is 1.94 bits per heavy atom. The predicted molar refractivity (Wildman–Crippen MR) is 69.0 cm³/mol. The van der Waals surface area contributed by atoms with Gasteiger partial charge in [0, 0.05) is 11.7 Å². The number of hydrogen-bond donors (Lipinski definition) is 3. The molecular formula is C13H18N2O3. The Kier molecular flexibility index (Phi) is 5.17. The molecule has 1 atom stereocenters. The number of benzene rings is 1. The van der Waals surface area contributed by atoms with Crippen LogP contribution >= 0.6 is 0 Å². The van der Waals surface area contributed by atoms with Crippen molar-refractivity contribution in [3.8, 4) is 0 Å². The molecule has 98 valence electrons. The van der Waals surface area contributed by atoms with Crippen LogP contribution in [0, 0.1) is 0 Å². The van der Waals surface area contributed by atoms with Crippen molar-refractivity contribution in [3.63, 3.8) is 0 Å². The lowest BCUT2D eigenvalue weighted by Gasteiger charge is -2.14. The molecule has 5 nitrogen and oxygen atoms in total. The fourth-order valence-electron chi connectivity index (χ4n) is 1.61. The summed E-state index contributed by atoms with van der Waals surface area (Å²) in [7, 11) is 0. The first kappa shape index (κ1) is 14.0. The maximum Gasteiger partial charge on any atom is 0.305 e. The minimum absolute atomic E-state index is 0.0516. The second kappa shape index (κ2) is 6.64. The van der Waals surface area contributed by atoms with Crippen LogP contribution in [-0.4, -0.2) is 23.0 Å². The summed E-state index contributed by atoms with van der Waals surface area (Å²) in [5.41, 5.74) is 7.05. The first-order chi connectivity index (χ1) is 8.51. The monoisotopic (exact) mass is 250 g/mol. The van der Waals surface area contributed by atoms with Gasteiger partial charge in [-0.25, -0.2) is 0 Å². The van der Waals surface area contributed by atoms with E-state index in [4.69, 9.17) is 10.8 Å². The third-order valence-electron chi connectivity index (χ3n) is 2.62. The van der Waals surface area contributed by atoms with Gasteiger partial charge in [-0.3, -0.25) is 9.59 Å². The summed E-state index contributed by atoms with van der Waals surface area (Å²) in [6, 6.07) is 6.72. The van der Waals surface area contributed by atoms with Crippen LogP contribution < -0.4 is 11.1 Å². The average Bonchev–Trinajstić information content (AvgIpc) is 2.30. The van der Waals surface area contributed by atoms with Gasteiger partial charge in [0.15, 0.2) is 0 Å². The summed E-state index contributed by atoms with van der Waals surface area (Å²) in [5, 5.41) is 11.4. The van der Waals surface area contributed by atoms with Crippen molar-refractivity contribution in [1.29, 1.82) is 0 Å². The van der Waals surface area contributed by atoms with E-state index in [0.29, 0.717) is 12.1 Å². The molecule has 1 unspecified atom stereocenters. The van der Waals surface area contributed by atoms with Crippen molar-refractivity contribution >= 4 is 17.6 Å². The quantitative estimate of drug-likeness (QED) is 0.661. The van der Waals surface area contributed by atoms with Crippen molar-refractivity contribution < 1.29 is 14.7 Å². The summed E-state index contributed by atoms with van der Waals surface area (Å²) in [5.74, 6) is -1.08. The minimum atomic E-state index is -0.908. The molecule has 0 aliphatic carbocycles. The zero-order valence-electron chi connectivity index (χ0n) is 10.3. The Hall–Kier alpha value is -2.04. The summed E-state index contributed by atoms with van der Waals surface area (Å²) < 4.78 is 0. The lowest BCUT2D eigenvalue weighted by molar-refractivity contribution is -0.137. The van der Waals surface area contributed by atoms with E-state index in [1.54, 1.807) is 24.3 Å². The van der Waals surface area contributed by atoms with Gasteiger partial charge in [-0.2, -0.15) is 0 Å². The maximum absolute atomic E-state index is 11.7. The Bertz CT molecular complexity index is 415. The molecule has 4 N–H and O–H groups in total. The van der Waals surface area contributed by atoms with Gasteiger partial charge in [-0.05, 0) is 24.1 Å². The van der Waals surface area contributed by atoms with Crippen LogP contribution in [0.5, 0.6) is 0 Å². The van der Waals surface area contributed by atoms with Gasteiger partial charge < -0.3 is 16.2 Å². The fourth-order valence-corrected chi connectivity index (χ4v) is 1.61. The third-order valence-corrected chi connectivity index (χ3v) is 2.62. The number of nitrogens with one attached hydrogen (secondary N) is 1. The highest BCUT2D eigenvalue weighted by atomic mass is 16.4. The van der Waals surface area contributed by atoms with Gasteiger partial charge in [0.2, 0.25) is 5.91 Å². The number of nitrogen functional groups attached to an aromatic ring is 1. The number of carboxylic acid groups (broad SMARTS) is 1. The second-order valence-electron chi connectivity index (χ2n) is 4.19.